The van der Waals surface area contributed by atoms with Gasteiger partial charge in [0.15, 0.2) is 0 Å². The number of fused-ring (bicyclic) bond motifs is 1. The van der Waals surface area contributed by atoms with Crippen LogP contribution >= 0.6 is 0 Å². The van der Waals surface area contributed by atoms with Gasteiger partial charge in [-0.15, -0.1) is 0 Å². The van der Waals surface area contributed by atoms with Crippen molar-refractivity contribution in [1.82, 2.24) is 0 Å². The van der Waals surface area contributed by atoms with E-state index in [1.54, 1.807) is 0 Å². The van der Waals surface area contributed by atoms with E-state index in [1.807, 2.05) is 0 Å². The van der Waals surface area contributed by atoms with Crippen LogP contribution in [0.2, 0.25) is 0 Å². The van der Waals surface area contributed by atoms with Crippen LogP contribution in [0.5, 0.6) is 0 Å². The minimum atomic E-state index is 0.154. The Balaban J connectivity index is 2.59. The molecule has 0 aliphatic carbocycles. The van der Waals surface area contributed by atoms with E-state index in [-0.39, 0.29) is 14.8 Å². The van der Waals surface area contributed by atoms with Gasteiger partial charge in [-0.1, -0.05) is 0 Å². The van der Waals surface area contributed by atoms with Crippen LogP contribution in [-0.4, -0.2) is 26.3 Å². The fourth-order valence-electron chi connectivity index (χ4n) is 2.35. The average Bonchev–Trinajstić information content (AvgIpc) is 2.22. The first-order chi connectivity index (χ1) is 7.13. The van der Waals surface area contributed by atoms with Gasteiger partial charge in [0.1, 0.15) is 0 Å². The van der Waals surface area contributed by atoms with Crippen molar-refractivity contribution in [2.24, 2.45) is 0 Å². The predicted molar refractivity (Wildman–Crippen MR) is 66.4 cm³/mol. The molecule has 0 spiro atoms. The summed E-state index contributed by atoms with van der Waals surface area (Å²) in [5.41, 5.74) is 4.24. The number of ether oxygens (including phenoxy) is 1. The fraction of sp³-hybridized carbons (Fsp3) is 0.462. The molecule has 1 aliphatic rings. The predicted octanol–water partition coefficient (Wildman–Crippen LogP) is 1.78. The van der Waals surface area contributed by atoms with E-state index in [0.717, 1.165) is 6.61 Å². The van der Waals surface area contributed by atoms with E-state index in [0.29, 0.717) is 12.0 Å². The molecular formula is C13H17AlO. The summed E-state index contributed by atoms with van der Waals surface area (Å²) in [5, 5.41) is 4.11. The second-order valence-corrected chi connectivity index (χ2v) is 5.47. The van der Waals surface area contributed by atoms with Crippen LogP contribution in [0, 0.1) is 6.92 Å². The fourth-order valence-corrected chi connectivity index (χ4v) is 3.40. The molecular weight excluding hydrogens is 199 g/mol. The monoisotopic (exact) mass is 216 g/mol. The van der Waals surface area contributed by atoms with Crippen molar-refractivity contribution < 1.29 is 4.74 Å². The maximum absolute atomic E-state index is 5.76. The second kappa shape index (κ2) is 4.22. The van der Waals surface area contributed by atoms with Gasteiger partial charge in [-0.25, -0.2) is 0 Å². The van der Waals surface area contributed by atoms with Crippen LogP contribution in [0.3, 0.4) is 0 Å². The third-order valence-electron chi connectivity index (χ3n) is 3.32. The molecule has 1 unspecified atom stereocenters. The topological polar surface area (TPSA) is 9.23 Å². The van der Waals surface area contributed by atoms with Gasteiger partial charge < -0.3 is 0 Å². The molecule has 0 aromatic heterocycles. The van der Waals surface area contributed by atoms with Crippen molar-refractivity contribution in [2.75, 3.05) is 0 Å². The normalized spacial score (nSPS) is 24.5. The third-order valence-corrected chi connectivity index (χ3v) is 4.24. The van der Waals surface area contributed by atoms with Crippen LogP contribution in [0.15, 0.2) is 12.1 Å². The average molecular weight is 216 g/mol. The molecule has 0 saturated carbocycles. The summed E-state index contributed by atoms with van der Waals surface area (Å²) in [7, 11) is 0. The van der Waals surface area contributed by atoms with Crippen molar-refractivity contribution in [3.8, 4) is 0 Å². The summed E-state index contributed by atoms with van der Waals surface area (Å²) in [6, 6.07) is 4.56. The molecule has 0 bridgehead atoms. The SMILES string of the molecule is [CH2]=[Al][c]1cc(C)cc2c1C(C)[C@@H](C)OC2. The van der Waals surface area contributed by atoms with Crippen LogP contribution in [0.4, 0.5) is 0 Å². The Labute approximate surface area is 97.7 Å². The minimum absolute atomic E-state index is 0.154. The van der Waals surface area contributed by atoms with E-state index < -0.39 is 0 Å². The Hall–Kier alpha value is -0.418. The Bertz CT molecular complexity index is 398. The second-order valence-electron chi connectivity index (χ2n) is 4.44. The van der Waals surface area contributed by atoms with Crippen molar-refractivity contribution in [3.05, 3.63) is 28.8 Å². The molecule has 0 fully saturated rings. The zero-order chi connectivity index (χ0) is 11.0. The molecule has 2 heteroatoms. The van der Waals surface area contributed by atoms with Crippen molar-refractivity contribution in [2.45, 2.75) is 39.4 Å². The summed E-state index contributed by atoms with van der Waals surface area (Å²) in [6.45, 7) is 7.35. The summed E-state index contributed by atoms with van der Waals surface area (Å²) >= 11 is 0.154. The molecule has 0 amide bonds. The molecule has 1 aliphatic heterocycles. The van der Waals surface area contributed by atoms with Crippen molar-refractivity contribution >= 4 is 24.6 Å². The van der Waals surface area contributed by atoms with Crippen LogP contribution in [0.1, 0.15) is 36.5 Å². The van der Waals surface area contributed by atoms with E-state index >= 15 is 0 Å². The van der Waals surface area contributed by atoms with E-state index in [9.17, 15) is 0 Å². The van der Waals surface area contributed by atoms with E-state index in [2.05, 4.69) is 38.3 Å². The number of rotatable bonds is 1. The standard InChI is InChI=1S/C12H15O.CH2.Al/c1-8-4-5-12-9(2)10(3)13-7-11(12)6-8;;/h4,6,9-10H,7H2,1-3H3;1H2;/t9?,10-;;/m1../s1. The van der Waals surface area contributed by atoms with E-state index in [4.69, 9.17) is 4.74 Å². The summed E-state index contributed by atoms with van der Waals surface area (Å²) in [6.07, 6.45) is 0.338. The molecule has 15 heavy (non-hydrogen) atoms. The first-order valence-electron chi connectivity index (χ1n) is 5.51. The summed E-state index contributed by atoms with van der Waals surface area (Å²) in [4.78, 5) is 0. The van der Waals surface area contributed by atoms with Gasteiger partial charge in [0.05, 0.1) is 0 Å². The molecule has 1 aromatic rings. The molecule has 1 heterocycles. The molecule has 2 atom stereocenters. The van der Waals surface area contributed by atoms with Gasteiger partial charge in [-0.05, 0) is 0 Å². The Morgan fingerprint density at radius 3 is 2.80 bits per heavy atom. The molecule has 0 N–H and O–H groups in total. The van der Waals surface area contributed by atoms with Gasteiger partial charge >= 0.3 is 97.6 Å². The molecule has 1 aromatic carbocycles. The van der Waals surface area contributed by atoms with Gasteiger partial charge in [-0.3, -0.25) is 0 Å². The Morgan fingerprint density at radius 1 is 1.40 bits per heavy atom. The first kappa shape index (κ1) is 11.1. The van der Waals surface area contributed by atoms with Crippen LogP contribution < -0.4 is 4.43 Å². The Kier molecular flexibility index (Phi) is 3.11. The zero-order valence-electron chi connectivity index (χ0n) is 9.71. The molecule has 1 nitrogen and oxygen atoms in total. The van der Waals surface area contributed by atoms with Crippen LogP contribution in [-0.2, 0) is 11.3 Å². The van der Waals surface area contributed by atoms with Crippen molar-refractivity contribution in [3.63, 3.8) is 0 Å². The van der Waals surface area contributed by atoms with Gasteiger partial charge in [0, 0.05) is 0 Å². The van der Waals surface area contributed by atoms with Gasteiger partial charge in [-0.2, -0.15) is 0 Å². The number of hydrogen-bond donors (Lipinski definition) is 0. The number of aryl methyl sites for hydroxylation is 1. The first-order valence-corrected chi connectivity index (χ1v) is 6.90. The molecule has 0 radical (unpaired) electrons. The number of benzene rings is 1. The molecule has 78 valence electrons. The van der Waals surface area contributed by atoms with Crippen molar-refractivity contribution in [1.29, 1.82) is 0 Å². The summed E-state index contributed by atoms with van der Waals surface area (Å²) < 4.78 is 7.24. The summed E-state index contributed by atoms with van der Waals surface area (Å²) in [5.74, 6) is 0.513. The van der Waals surface area contributed by atoms with E-state index in [1.165, 1.54) is 21.1 Å². The van der Waals surface area contributed by atoms with Gasteiger partial charge in [0.25, 0.3) is 0 Å². The third kappa shape index (κ3) is 1.95. The molecule has 2 rings (SSSR count). The maximum atomic E-state index is 5.76. The quantitative estimate of drug-likeness (QED) is 0.650. The number of hydrogen-bond acceptors (Lipinski definition) is 1. The molecule has 0 saturated heterocycles. The Morgan fingerprint density at radius 2 is 2.13 bits per heavy atom. The van der Waals surface area contributed by atoms with Gasteiger partial charge in [0.2, 0.25) is 0 Å². The van der Waals surface area contributed by atoms with Crippen LogP contribution in [0.25, 0.3) is 0 Å². The zero-order valence-corrected chi connectivity index (χ0v) is 10.9.